The van der Waals surface area contributed by atoms with E-state index in [1.54, 1.807) is 18.0 Å². The molecule has 0 bridgehead atoms. The fourth-order valence-corrected chi connectivity index (χ4v) is 3.67. The molecule has 1 aromatic carbocycles. The normalized spacial score (nSPS) is 24.7. The van der Waals surface area contributed by atoms with E-state index in [0.29, 0.717) is 17.9 Å². The van der Waals surface area contributed by atoms with Crippen LogP contribution in [0, 0.1) is 0 Å². The van der Waals surface area contributed by atoms with Crippen LogP contribution in [0.15, 0.2) is 24.3 Å². The molecule has 0 atom stereocenters. The van der Waals surface area contributed by atoms with E-state index < -0.39 is 5.60 Å². The number of nitrogens with zero attached hydrogens (tertiary/aromatic N) is 1. The summed E-state index contributed by atoms with van der Waals surface area (Å²) in [7, 11) is 1.78. The van der Waals surface area contributed by atoms with Crippen molar-refractivity contribution in [3.63, 3.8) is 0 Å². The highest BCUT2D eigenvalue weighted by atomic mass is 16.5. The van der Waals surface area contributed by atoms with Crippen LogP contribution in [0.5, 0.6) is 5.75 Å². The number of carbonyl (C=O) groups is 3. The fourth-order valence-electron chi connectivity index (χ4n) is 3.67. The fraction of sp³-hybridized carbons (Fsp3) is 0.526. The van der Waals surface area contributed by atoms with Gasteiger partial charge in [-0.05, 0) is 37.8 Å². The van der Waals surface area contributed by atoms with Gasteiger partial charge in [0.2, 0.25) is 11.8 Å². The molecule has 1 aromatic rings. The summed E-state index contributed by atoms with van der Waals surface area (Å²) < 4.78 is 6.28. The second-order valence-electron chi connectivity index (χ2n) is 7.11. The first kappa shape index (κ1) is 18.2. The average molecular weight is 359 g/mol. The van der Waals surface area contributed by atoms with Crippen molar-refractivity contribution in [2.75, 3.05) is 20.1 Å². The first-order valence-electron chi connectivity index (χ1n) is 8.96. The van der Waals surface area contributed by atoms with Crippen LogP contribution in [0.3, 0.4) is 0 Å². The summed E-state index contributed by atoms with van der Waals surface area (Å²) in [6, 6.07) is 7.40. The van der Waals surface area contributed by atoms with E-state index >= 15 is 0 Å². The van der Waals surface area contributed by atoms with Crippen molar-refractivity contribution in [2.24, 2.45) is 0 Å². The highest BCUT2D eigenvalue weighted by Crippen LogP contribution is 2.37. The number of nitrogens with one attached hydrogen (secondary N) is 2. The smallest absolute Gasteiger partial charge is 0.255 e. The lowest BCUT2D eigenvalue weighted by molar-refractivity contribution is -0.134. The van der Waals surface area contributed by atoms with Gasteiger partial charge in [-0.25, -0.2) is 0 Å². The van der Waals surface area contributed by atoms with Crippen LogP contribution >= 0.6 is 0 Å². The summed E-state index contributed by atoms with van der Waals surface area (Å²) in [5, 5.41) is 5.51. The lowest BCUT2D eigenvalue weighted by Gasteiger charge is -2.42. The quantitative estimate of drug-likeness (QED) is 0.846. The Morgan fingerprint density at radius 2 is 2.00 bits per heavy atom. The van der Waals surface area contributed by atoms with Crippen molar-refractivity contribution in [3.8, 4) is 5.75 Å². The highest BCUT2D eigenvalue weighted by molar-refractivity contribution is 5.97. The van der Waals surface area contributed by atoms with Gasteiger partial charge in [0.1, 0.15) is 11.4 Å². The monoisotopic (exact) mass is 359 g/mol. The zero-order valence-corrected chi connectivity index (χ0v) is 15.2. The first-order valence-corrected chi connectivity index (χ1v) is 8.96. The molecule has 26 heavy (non-hydrogen) atoms. The minimum absolute atomic E-state index is 0.0212. The van der Waals surface area contributed by atoms with Crippen LogP contribution in [-0.4, -0.2) is 54.4 Å². The molecule has 1 fully saturated rings. The molecule has 140 valence electrons. The van der Waals surface area contributed by atoms with E-state index in [4.69, 9.17) is 4.74 Å². The zero-order chi connectivity index (χ0) is 18.7. The van der Waals surface area contributed by atoms with Gasteiger partial charge in [0, 0.05) is 20.0 Å². The lowest BCUT2D eigenvalue weighted by Crippen LogP contribution is -2.52. The van der Waals surface area contributed by atoms with Crippen LogP contribution in [0.4, 0.5) is 0 Å². The highest BCUT2D eigenvalue weighted by Gasteiger charge is 2.41. The summed E-state index contributed by atoms with van der Waals surface area (Å²) in [6.45, 7) is 1.89. The van der Waals surface area contributed by atoms with Gasteiger partial charge in [-0.2, -0.15) is 0 Å². The first-order chi connectivity index (χ1) is 12.4. The van der Waals surface area contributed by atoms with E-state index in [-0.39, 0.29) is 30.3 Å². The Labute approximate surface area is 153 Å². The van der Waals surface area contributed by atoms with Gasteiger partial charge < -0.3 is 20.3 Å². The molecule has 1 aliphatic heterocycles. The number of rotatable bonds is 3. The summed E-state index contributed by atoms with van der Waals surface area (Å²) in [6.07, 6.45) is 3.09. The molecule has 7 heteroatoms. The molecule has 2 aliphatic rings. The zero-order valence-electron chi connectivity index (χ0n) is 15.2. The van der Waals surface area contributed by atoms with Gasteiger partial charge in [0.15, 0.2) is 0 Å². The Morgan fingerprint density at radius 3 is 2.69 bits per heavy atom. The second-order valence-corrected chi connectivity index (χ2v) is 7.11. The Morgan fingerprint density at radius 1 is 1.31 bits per heavy atom. The van der Waals surface area contributed by atoms with Gasteiger partial charge >= 0.3 is 0 Å². The van der Waals surface area contributed by atoms with Crippen molar-refractivity contribution in [1.82, 2.24) is 15.5 Å². The molecule has 3 rings (SSSR count). The molecule has 0 unspecified atom stereocenters. The Bertz CT molecular complexity index is 710. The third kappa shape index (κ3) is 3.81. The van der Waals surface area contributed by atoms with Crippen LogP contribution in [0.2, 0.25) is 0 Å². The van der Waals surface area contributed by atoms with Crippen molar-refractivity contribution < 1.29 is 19.1 Å². The number of hydrogen-bond donors (Lipinski definition) is 2. The van der Waals surface area contributed by atoms with E-state index in [9.17, 15) is 14.4 Å². The summed E-state index contributed by atoms with van der Waals surface area (Å²) in [4.78, 5) is 37.1. The van der Waals surface area contributed by atoms with Crippen molar-refractivity contribution >= 4 is 17.7 Å². The number of likely N-dealkylation sites (N-methyl/N-ethyl adjacent to an activating group) is 1. The predicted octanol–water partition coefficient (Wildman–Crippen LogP) is 1.08. The molecular formula is C19H25N3O4. The van der Waals surface area contributed by atoms with E-state index in [1.807, 2.05) is 18.2 Å². The van der Waals surface area contributed by atoms with Crippen molar-refractivity contribution in [2.45, 2.75) is 44.2 Å². The lowest BCUT2D eigenvalue weighted by atomic mass is 9.81. The number of amides is 3. The number of ether oxygens (including phenoxy) is 1. The van der Waals surface area contributed by atoms with E-state index in [2.05, 4.69) is 10.6 Å². The molecule has 2 N–H and O–H groups in total. The third-order valence-electron chi connectivity index (χ3n) is 5.33. The maximum atomic E-state index is 12.2. The Kier molecular flexibility index (Phi) is 5.15. The van der Waals surface area contributed by atoms with Crippen molar-refractivity contribution in [3.05, 3.63) is 29.8 Å². The predicted molar refractivity (Wildman–Crippen MR) is 95.8 cm³/mol. The number of hydrogen-bond acceptors (Lipinski definition) is 4. The standard InChI is InChI=1S/C19H25N3O4/c1-13(23)20-11-17(24)22(2)14-7-9-19(10-8-14)12-21-18(25)15-5-3-4-6-16(15)26-19/h3-6,14H,7-12H2,1-2H3,(H,20,23)(H,21,25). The number of fused-ring (bicyclic) bond motifs is 1. The maximum Gasteiger partial charge on any atom is 0.255 e. The van der Waals surface area contributed by atoms with Gasteiger partial charge in [-0.3, -0.25) is 14.4 Å². The molecule has 1 heterocycles. The number of carbonyl (C=O) groups excluding carboxylic acids is 3. The molecule has 0 radical (unpaired) electrons. The van der Waals surface area contributed by atoms with Gasteiger partial charge in [0.25, 0.3) is 5.91 Å². The molecular weight excluding hydrogens is 334 g/mol. The molecule has 1 aliphatic carbocycles. The SMILES string of the molecule is CC(=O)NCC(=O)N(C)C1CCC2(CC1)CNC(=O)c1ccccc1O2. The van der Waals surface area contributed by atoms with Crippen LogP contribution in [0.1, 0.15) is 43.0 Å². The molecule has 7 nitrogen and oxygen atoms in total. The summed E-state index contributed by atoms with van der Waals surface area (Å²) in [5.74, 6) is 0.204. The third-order valence-corrected chi connectivity index (χ3v) is 5.33. The number of para-hydroxylation sites is 1. The van der Waals surface area contributed by atoms with Crippen LogP contribution < -0.4 is 15.4 Å². The summed E-state index contributed by atoms with van der Waals surface area (Å²) >= 11 is 0. The van der Waals surface area contributed by atoms with Crippen LogP contribution in [-0.2, 0) is 9.59 Å². The summed E-state index contributed by atoms with van der Waals surface area (Å²) in [5.41, 5.74) is 0.134. The molecule has 3 amide bonds. The minimum atomic E-state index is -0.430. The van der Waals surface area contributed by atoms with E-state index in [0.717, 1.165) is 25.7 Å². The van der Waals surface area contributed by atoms with Gasteiger partial charge in [0.05, 0.1) is 18.7 Å². The van der Waals surface area contributed by atoms with Gasteiger partial charge in [-0.1, -0.05) is 12.1 Å². The van der Waals surface area contributed by atoms with Crippen LogP contribution in [0.25, 0.3) is 0 Å². The minimum Gasteiger partial charge on any atom is -0.485 e. The Hall–Kier alpha value is -2.57. The number of benzene rings is 1. The topological polar surface area (TPSA) is 87.7 Å². The average Bonchev–Trinajstić information content (AvgIpc) is 2.77. The molecule has 0 saturated heterocycles. The van der Waals surface area contributed by atoms with E-state index in [1.165, 1.54) is 6.92 Å². The molecule has 1 saturated carbocycles. The largest absolute Gasteiger partial charge is 0.485 e. The molecule has 1 spiro atoms. The Balaban J connectivity index is 1.63. The van der Waals surface area contributed by atoms with Crippen molar-refractivity contribution in [1.29, 1.82) is 0 Å². The second kappa shape index (κ2) is 7.35. The molecule has 0 aromatic heterocycles. The van der Waals surface area contributed by atoms with Gasteiger partial charge in [-0.15, -0.1) is 0 Å². The maximum absolute atomic E-state index is 12.2.